The summed E-state index contributed by atoms with van der Waals surface area (Å²) in [6.45, 7) is 2.00. The lowest BCUT2D eigenvalue weighted by Crippen LogP contribution is -2.10. The molecule has 2 aromatic heterocycles. The van der Waals surface area contributed by atoms with Gasteiger partial charge in [0, 0.05) is 25.9 Å². The Bertz CT molecular complexity index is 1220. The Labute approximate surface area is 194 Å². The Morgan fingerprint density at radius 1 is 1.10 bits per heavy atom. The minimum absolute atomic E-state index is 0.290. The van der Waals surface area contributed by atoms with E-state index in [0.717, 1.165) is 25.6 Å². The van der Waals surface area contributed by atoms with E-state index < -0.39 is 0 Å². The van der Waals surface area contributed by atoms with Crippen LogP contribution in [0.3, 0.4) is 0 Å². The highest BCUT2D eigenvalue weighted by atomic mass is 35.5. The fraction of sp³-hybridized carbons (Fsp3) is 0.105. The molecule has 2 heterocycles. The Balaban J connectivity index is 1.45. The lowest BCUT2D eigenvalue weighted by molar-refractivity contribution is 0.103. The van der Waals surface area contributed by atoms with Gasteiger partial charge in [0.05, 0.1) is 5.02 Å². The summed E-state index contributed by atoms with van der Waals surface area (Å²) < 4.78 is 1.71. The maximum Gasteiger partial charge on any atom is 0.269 e. The van der Waals surface area contributed by atoms with E-state index in [4.69, 9.17) is 34.8 Å². The summed E-state index contributed by atoms with van der Waals surface area (Å²) in [5.74, 6) is 0.336. The number of carbonyl (C=O) groups excluding carboxylic acids is 1. The Hall–Kier alpha value is -1.35. The number of hydrogen-bond acceptors (Lipinski definition) is 6. The van der Waals surface area contributed by atoms with Crippen molar-refractivity contribution in [3.8, 4) is 0 Å². The number of thiophene rings is 1. The van der Waals surface area contributed by atoms with Gasteiger partial charge in [0.1, 0.15) is 4.88 Å². The monoisotopic (exact) mass is 499 g/mol. The topological polar surface area (TPSA) is 54.9 Å². The highest BCUT2D eigenvalue weighted by molar-refractivity contribution is 8.00. The number of thioether (sulfide) groups is 1. The molecule has 1 amide bonds. The van der Waals surface area contributed by atoms with Gasteiger partial charge in [-0.3, -0.25) is 10.1 Å². The molecule has 0 aliphatic carbocycles. The smallest absolute Gasteiger partial charge is 0.269 e. The van der Waals surface area contributed by atoms with Gasteiger partial charge >= 0.3 is 0 Å². The van der Waals surface area contributed by atoms with E-state index in [2.05, 4.69) is 15.5 Å². The highest BCUT2D eigenvalue weighted by Crippen LogP contribution is 2.37. The molecule has 0 aliphatic rings. The lowest BCUT2D eigenvalue weighted by atomic mass is 10.2. The molecular weight excluding hydrogens is 489 g/mol. The van der Waals surface area contributed by atoms with Crippen LogP contribution in [0.25, 0.3) is 10.1 Å². The van der Waals surface area contributed by atoms with Gasteiger partial charge < -0.3 is 0 Å². The molecule has 0 spiro atoms. The first-order chi connectivity index (χ1) is 13.9. The van der Waals surface area contributed by atoms with Crippen LogP contribution in [0.5, 0.6) is 0 Å². The molecule has 4 aromatic rings. The van der Waals surface area contributed by atoms with Crippen molar-refractivity contribution in [2.45, 2.75) is 17.0 Å². The first kappa shape index (κ1) is 20.9. The van der Waals surface area contributed by atoms with Crippen molar-refractivity contribution >= 4 is 90.4 Å². The molecule has 0 radical (unpaired) electrons. The number of aryl methyl sites for hydroxylation is 1. The van der Waals surface area contributed by atoms with E-state index in [0.29, 0.717) is 30.8 Å². The first-order valence-corrected chi connectivity index (χ1v) is 12.1. The lowest BCUT2D eigenvalue weighted by Gasteiger charge is -2.02. The van der Waals surface area contributed by atoms with Crippen LogP contribution in [0.4, 0.5) is 5.13 Å². The number of benzene rings is 2. The third-order valence-corrected chi connectivity index (χ3v) is 8.25. The highest BCUT2D eigenvalue weighted by Gasteiger charge is 2.19. The Morgan fingerprint density at radius 2 is 1.93 bits per heavy atom. The van der Waals surface area contributed by atoms with Crippen LogP contribution in [0.1, 0.15) is 20.8 Å². The van der Waals surface area contributed by atoms with Crippen LogP contribution >= 0.6 is 69.2 Å². The van der Waals surface area contributed by atoms with Crippen molar-refractivity contribution in [3.63, 3.8) is 0 Å². The van der Waals surface area contributed by atoms with E-state index in [1.54, 1.807) is 12.1 Å². The molecule has 0 unspecified atom stereocenters. The van der Waals surface area contributed by atoms with Crippen molar-refractivity contribution in [3.05, 3.63) is 67.5 Å². The van der Waals surface area contributed by atoms with Gasteiger partial charge in [-0.15, -0.1) is 21.5 Å². The molecule has 0 saturated heterocycles. The minimum Gasteiger partial charge on any atom is -0.296 e. The third kappa shape index (κ3) is 4.71. The maximum absolute atomic E-state index is 12.7. The summed E-state index contributed by atoms with van der Waals surface area (Å²) in [7, 11) is 0. The number of nitrogens with zero attached hydrogens (tertiary/aromatic N) is 2. The minimum atomic E-state index is -0.290. The predicted molar refractivity (Wildman–Crippen MR) is 125 cm³/mol. The molecule has 4 nitrogen and oxygen atoms in total. The summed E-state index contributed by atoms with van der Waals surface area (Å²) in [6, 6.07) is 11.3. The zero-order chi connectivity index (χ0) is 20.5. The van der Waals surface area contributed by atoms with Crippen molar-refractivity contribution in [2.75, 3.05) is 5.32 Å². The summed E-state index contributed by atoms with van der Waals surface area (Å²) in [5.41, 5.74) is 2.07. The number of fused-ring (bicyclic) bond motifs is 1. The second-order valence-corrected chi connectivity index (χ2v) is 10.6. The van der Waals surface area contributed by atoms with Gasteiger partial charge in [-0.1, -0.05) is 76.1 Å². The summed E-state index contributed by atoms with van der Waals surface area (Å²) in [4.78, 5) is 13.1. The third-order valence-electron chi connectivity index (χ3n) is 3.98. The van der Waals surface area contributed by atoms with Gasteiger partial charge in [-0.2, -0.15) is 0 Å². The van der Waals surface area contributed by atoms with Gasteiger partial charge in [-0.25, -0.2) is 0 Å². The van der Waals surface area contributed by atoms with Gasteiger partial charge in [-0.05, 0) is 36.2 Å². The van der Waals surface area contributed by atoms with Crippen LogP contribution in [-0.2, 0) is 5.75 Å². The second-order valence-electron chi connectivity index (χ2n) is 6.10. The standard InChI is InChI=1S/C19H12Cl3N3OS3/c1-9-2-5-12-14(6-9)28-16(15(12)22)17(26)23-18-24-25-19(29-18)27-8-10-3-4-11(20)7-13(10)21/h2-7H,8H2,1H3,(H,23,24,26). The largest absolute Gasteiger partial charge is 0.296 e. The van der Waals surface area contributed by atoms with Crippen molar-refractivity contribution in [1.29, 1.82) is 0 Å². The van der Waals surface area contributed by atoms with Crippen LogP contribution in [0, 0.1) is 6.92 Å². The molecule has 0 atom stereocenters. The van der Waals surface area contributed by atoms with Gasteiger partial charge in [0.2, 0.25) is 5.13 Å². The van der Waals surface area contributed by atoms with Crippen LogP contribution in [0.2, 0.25) is 15.1 Å². The summed E-state index contributed by atoms with van der Waals surface area (Å²) in [6.07, 6.45) is 0. The number of hydrogen-bond donors (Lipinski definition) is 1. The first-order valence-electron chi connectivity index (χ1n) is 8.31. The molecule has 1 N–H and O–H groups in total. The number of nitrogens with one attached hydrogen (secondary N) is 1. The molecule has 0 bridgehead atoms. The maximum atomic E-state index is 12.7. The second kappa shape index (κ2) is 8.79. The zero-order valence-corrected chi connectivity index (χ0v) is 19.5. The molecule has 29 heavy (non-hydrogen) atoms. The fourth-order valence-electron chi connectivity index (χ4n) is 2.57. The van der Waals surface area contributed by atoms with E-state index in [9.17, 15) is 4.79 Å². The normalized spacial score (nSPS) is 11.2. The van der Waals surface area contributed by atoms with Gasteiger partial charge in [0.25, 0.3) is 5.91 Å². The zero-order valence-electron chi connectivity index (χ0n) is 14.8. The molecule has 2 aromatic carbocycles. The van der Waals surface area contributed by atoms with Crippen LogP contribution in [0.15, 0.2) is 40.7 Å². The van der Waals surface area contributed by atoms with E-state index in [-0.39, 0.29) is 5.91 Å². The van der Waals surface area contributed by atoms with Crippen LogP contribution < -0.4 is 5.32 Å². The molecule has 0 saturated carbocycles. The van der Waals surface area contributed by atoms with E-state index in [1.165, 1.54) is 34.4 Å². The average molecular weight is 501 g/mol. The van der Waals surface area contributed by atoms with Gasteiger partial charge in [0.15, 0.2) is 4.34 Å². The number of rotatable bonds is 5. The summed E-state index contributed by atoms with van der Waals surface area (Å²) >= 11 is 22.7. The van der Waals surface area contributed by atoms with Crippen molar-refractivity contribution in [2.24, 2.45) is 0 Å². The van der Waals surface area contributed by atoms with Crippen molar-refractivity contribution in [1.82, 2.24) is 10.2 Å². The number of amides is 1. The molecule has 148 valence electrons. The molecular formula is C19H12Cl3N3OS3. The fourth-order valence-corrected chi connectivity index (χ4v) is 6.39. The average Bonchev–Trinajstić information content (AvgIpc) is 3.25. The Kier molecular flexibility index (Phi) is 6.34. The van der Waals surface area contributed by atoms with E-state index in [1.807, 2.05) is 31.2 Å². The summed E-state index contributed by atoms with van der Waals surface area (Å²) in [5, 5.41) is 13.9. The Morgan fingerprint density at radius 3 is 2.72 bits per heavy atom. The molecule has 0 fully saturated rings. The number of anilines is 1. The molecule has 4 rings (SSSR count). The SMILES string of the molecule is Cc1ccc2c(Cl)c(C(=O)Nc3nnc(SCc4ccc(Cl)cc4Cl)s3)sc2c1. The predicted octanol–water partition coefficient (Wildman–Crippen LogP) is 7.57. The quantitative estimate of drug-likeness (QED) is 0.227. The number of halogens is 3. The molecule has 0 aliphatic heterocycles. The van der Waals surface area contributed by atoms with E-state index >= 15 is 0 Å². The number of carbonyl (C=O) groups is 1. The molecule has 10 heteroatoms. The van der Waals surface area contributed by atoms with Crippen molar-refractivity contribution < 1.29 is 4.79 Å². The number of aromatic nitrogens is 2. The van der Waals surface area contributed by atoms with Crippen LogP contribution in [-0.4, -0.2) is 16.1 Å².